The first-order valence-electron chi connectivity index (χ1n) is 15.9. The van der Waals surface area contributed by atoms with Gasteiger partial charge in [0.2, 0.25) is 0 Å². The molecule has 1 heterocycles. The Bertz CT molecular complexity index is 1390. The van der Waals surface area contributed by atoms with Gasteiger partial charge in [0, 0.05) is 43.1 Å². The lowest BCUT2D eigenvalue weighted by molar-refractivity contribution is 0.0992. The van der Waals surface area contributed by atoms with E-state index >= 15 is 0 Å². The van der Waals surface area contributed by atoms with Crippen LogP contribution in [0, 0.1) is 5.82 Å². The van der Waals surface area contributed by atoms with Crippen molar-refractivity contribution in [3.8, 4) is 23.0 Å². The number of piperidine rings is 1. The van der Waals surface area contributed by atoms with Crippen molar-refractivity contribution in [2.75, 3.05) is 43.9 Å². The second-order valence-electron chi connectivity index (χ2n) is 11.2. The van der Waals surface area contributed by atoms with Crippen molar-refractivity contribution in [1.82, 2.24) is 10.2 Å². The number of ether oxygens (including phenoxy) is 3. The molecule has 1 aliphatic heterocycles. The summed E-state index contributed by atoms with van der Waals surface area (Å²) < 4.78 is 32.4. The lowest BCUT2D eigenvalue weighted by Crippen LogP contribution is -2.38. The van der Waals surface area contributed by atoms with Gasteiger partial charge in [-0.05, 0) is 80.8 Å². The van der Waals surface area contributed by atoms with Crippen molar-refractivity contribution in [2.24, 2.45) is 0 Å². The molecule has 0 aliphatic carbocycles. The Morgan fingerprint density at radius 1 is 0.844 bits per heavy atom. The standard InChI is InChI=1S/C35H45FN4O5/c1-4-6-8-19-37-35(42)39-26-11-16-32(33(23-26)43-3)45-27-12-9-25(10-13-27)38-34(41)30-15-14-29(24-31(30)36)44-28-17-21-40(22-18-28)20-7-5-2/h9-16,23-24,28H,4-8,17-22H2,1-3H3,(H,38,41)(H2,37,39,42). The van der Waals surface area contributed by atoms with Crippen molar-refractivity contribution in [3.05, 3.63) is 72.0 Å². The molecule has 1 aliphatic rings. The zero-order valence-corrected chi connectivity index (χ0v) is 26.5. The smallest absolute Gasteiger partial charge is 0.319 e. The Kier molecular flexibility index (Phi) is 12.9. The number of urea groups is 1. The number of hydrogen-bond donors (Lipinski definition) is 3. The number of nitrogens with one attached hydrogen (secondary N) is 3. The number of carbonyl (C=O) groups is 2. The van der Waals surface area contributed by atoms with Crippen LogP contribution in [-0.4, -0.2) is 56.2 Å². The topological polar surface area (TPSA) is 101 Å². The van der Waals surface area contributed by atoms with E-state index in [0.29, 0.717) is 40.9 Å². The van der Waals surface area contributed by atoms with Gasteiger partial charge in [-0.1, -0.05) is 33.1 Å². The summed E-state index contributed by atoms with van der Waals surface area (Å²) >= 11 is 0. The first-order valence-corrected chi connectivity index (χ1v) is 15.9. The third-order valence-electron chi connectivity index (χ3n) is 7.68. The summed E-state index contributed by atoms with van der Waals surface area (Å²) in [6.45, 7) is 7.99. The van der Waals surface area contributed by atoms with Crippen LogP contribution >= 0.6 is 0 Å². The third-order valence-corrected chi connectivity index (χ3v) is 7.68. The number of amides is 3. The van der Waals surface area contributed by atoms with Crippen LogP contribution in [0.4, 0.5) is 20.6 Å². The maximum absolute atomic E-state index is 14.9. The molecular weight excluding hydrogens is 575 g/mol. The summed E-state index contributed by atoms with van der Waals surface area (Å²) in [5.41, 5.74) is 0.990. The Morgan fingerprint density at radius 2 is 1.56 bits per heavy atom. The Balaban J connectivity index is 1.28. The number of rotatable bonds is 15. The summed E-state index contributed by atoms with van der Waals surface area (Å²) in [6, 6.07) is 15.9. The first-order chi connectivity index (χ1) is 21.9. The number of anilines is 2. The molecule has 0 atom stereocenters. The molecule has 0 spiro atoms. The number of benzene rings is 3. The van der Waals surface area contributed by atoms with E-state index in [2.05, 4.69) is 34.7 Å². The zero-order chi connectivity index (χ0) is 32.0. The Hall–Kier alpha value is -4.31. The summed E-state index contributed by atoms with van der Waals surface area (Å²) in [7, 11) is 1.52. The average Bonchev–Trinajstić information content (AvgIpc) is 3.04. The molecule has 242 valence electrons. The number of halogens is 1. The van der Waals surface area contributed by atoms with E-state index in [0.717, 1.165) is 51.7 Å². The second kappa shape index (κ2) is 17.2. The van der Waals surface area contributed by atoms with Crippen molar-refractivity contribution < 1.29 is 28.2 Å². The minimum atomic E-state index is -0.635. The van der Waals surface area contributed by atoms with Gasteiger partial charge in [-0.2, -0.15) is 0 Å². The van der Waals surface area contributed by atoms with Gasteiger partial charge in [0.1, 0.15) is 23.4 Å². The maximum atomic E-state index is 14.9. The lowest BCUT2D eigenvalue weighted by Gasteiger charge is -2.32. The van der Waals surface area contributed by atoms with Gasteiger partial charge < -0.3 is 35.1 Å². The van der Waals surface area contributed by atoms with Gasteiger partial charge in [-0.15, -0.1) is 0 Å². The molecule has 0 radical (unpaired) electrons. The number of likely N-dealkylation sites (tertiary alicyclic amines) is 1. The highest BCUT2D eigenvalue weighted by Gasteiger charge is 2.21. The first kappa shape index (κ1) is 33.6. The molecular formula is C35H45FN4O5. The van der Waals surface area contributed by atoms with Crippen LogP contribution in [0.25, 0.3) is 0 Å². The molecule has 0 saturated carbocycles. The lowest BCUT2D eigenvalue weighted by atomic mass is 10.1. The Morgan fingerprint density at radius 3 is 2.24 bits per heavy atom. The number of nitrogens with zero attached hydrogens (tertiary/aromatic N) is 1. The quantitative estimate of drug-likeness (QED) is 0.150. The SMILES string of the molecule is CCCCCNC(=O)Nc1ccc(Oc2ccc(NC(=O)c3ccc(OC4CCN(CCCC)CC4)cc3F)cc2)c(OC)c1. The minimum absolute atomic E-state index is 0.0452. The summed E-state index contributed by atoms with van der Waals surface area (Å²) in [5, 5.41) is 8.36. The normalized spacial score (nSPS) is 13.6. The molecule has 10 heteroatoms. The molecule has 0 aromatic heterocycles. The van der Waals surface area contributed by atoms with E-state index in [1.807, 2.05) is 0 Å². The highest BCUT2D eigenvalue weighted by Crippen LogP contribution is 2.34. The molecule has 1 fully saturated rings. The van der Waals surface area contributed by atoms with E-state index in [4.69, 9.17) is 14.2 Å². The average molecular weight is 621 g/mol. The minimum Gasteiger partial charge on any atom is -0.493 e. The van der Waals surface area contributed by atoms with Crippen LogP contribution in [0.3, 0.4) is 0 Å². The van der Waals surface area contributed by atoms with Crippen LogP contribution in [0.15, 0.2) is 60.7 Å². The number of unbranched alkanes of at least 4 members (excludes halogenated alkanes) is 3. The molecule has 3 aromatic carbocycles. The predicted molar refractivity (Wildman–Crippen MR) is 175 cm³/mol. The van der Waals surface area contributed by atoms with Gasteiger partial charge in [-0.25, -0.2) is 9.18 Å². The summed E-state index contributed by atoms with van der Waals surface area (Å²) in [6.07, 6.45) is 7.31. The maximum Gasteiger partial charge on any atom is 0.319 e. The summed E-state index contributed by atoms with van der Waals surface area (Å²) in [5.74, 6) is 0.638. The van der Waals surface area contributed by atoms with Crippen LogP contribution in [0.2, 0.25) is 0 Å². The molecule has 45 heavy (non-hydrogen) atoms. The van der Waals surface area contributed by atoms with Gasteiger partial charge >= 0.3 is 6.03 Å². The van der Waals surface area contributed by atoms with Gasteiger partial charge in [0.25, 0.3) is 5.91 Å². The monoisotopic (exact) mass is 620 g/mol. The highest BCUT2D eigenvalue weighted by molar-refractivity contribution is 6.04. The third kappa shape index (κ3) is 10.4. The van der Waals surface area contributed by atoms with Crippen molar-refractivity contribution in [1.29, 1.82) is 0 Å². The van der Waals surface area contributed by atoms with E-state index in [-0.39, 0.29) is 17.7 Å². The van der Waals surface area contributed by atoms with E-state index in [1.165, 1.54) is 32.1 Å². The van der Waals surface area contributed by atoms with Gasteiger partial charge in [0.05, 0.1) is 12.7 Å². The van der Waals surface area contributed by atoms with Crippen LogP contribution < -0.4 is 30.2 Å². The molecule has 0 unspecified atom stereocenters. The molecule has 3 amide bonds. The Labute approximate surface area is 265 Å². The fraction of sp³-hybridized carbons (Fsp3) is 0.429. The largest absolute Gasteiger partial charge is 0.493 e. The second-order valence-corrected chi connectivity index (χ2v) is 11.2. The molecule has 0 bridgehead atoms. The highest BCUT2D eigenvalue weighted by atomic mass is 19.1. The van der Waals surface area contributed by atoms with Gasteiger partial charge in [0.15, 0.2) is 11.5 Å². The predicted octanol–water partition coefficient (Wildman–Crippen LogP) is 7.83. The molecule has 3 N–H and O–H groups in total. The van der Waals surface area contributed by atoms with Gasteiger partial charge in [-0.3, -0.25) is 4.79 Å². The zero-order valence-electron chi connectivity index (χ0n) is 26.5. The van der Waals surface area contributed by atoms with E-state index in [9.17, 15) is 14.0 Å². The van der Waals surface area contributed by atoms with Crippen molar-refractivity contribution in [3.63, 3.8) is 0 Å². The van der Waals surface area contributed by atoms with Crippen LogP contribution in [-0.2, 0) is 0 Å². The summed E-state index contributed by atoms with van der Waals surface area (Å²) in [4.78, 5) is 27.4. The fourth-order valence-electron chi connectivity index (χ4n) is 5.09. The molecule has 4 rings (SSSR count). The fourth-order valence-corrected chi connectivity index (χ4v) is 5.09. The number of methoxy groups -OCH3 is 1. The molecule has 3 aromatic rings. The number of carbonyl (C=O) groups excluding carboxylic acids is 2. The van der Waals surface area contributed by atoms with E-state index in [1.54, 1.807) is 48.5 Å². The van der Waals surface area contributed by atoms with Crippen LogP contribution in [0.5, 0.6) is 23.0 Å². The number of hydrogen-bond acceptors (Lipinski definition) is 6. The molecule has 9 nitrogen and oxygen atoms in total. The van der Waals surface area contributed by atoms with E-state index < -0.39 is 11.7 Å². The van der Waals surface area contributed by atoms with Crippen LogP contribution in [0.1, 0.15) is 69.2 Å². The van der Waals surface area contributed by atoms with Crippen molar-refractivity contribution >= 4 is 23.3 Å². The van der Waals surface area contributed by atoms with Crippen molar-refractivity contribution in [2.45, 2.75) is 64.9 Å². The molecule has 1 saturated heterocycles.